The summed E-state index contributed by atoms with van der Waals surface area (Å²) in [5.74, 6) is 0.287. The zero-order chi connectivity index (χ0) is 11.1. The Bertz CT molecular complexity index is 203. The van der Waals surface area contributed by atoms with Crippen molar-refractivity contribution in [3.8, 4) is 0 Å². The molecule has 5 nitrogen and oxygen atoms in total. The zero-order valence-electron chi connectivity index (χ0n) is 9.35. The van der Waals surface area contributed by atoms with Crippen molar-refractivity contribution in [1.82, 2.24) is 4.90 Å². The largest absolute Gasteiger partial charge is 0.409 e. The van der Waals surface area contributed by atoms with E-state index in [2.05, 4.69) is 17.0 Å². The van der Waals surface area contributed by atoms with Crippen molar-refractivity contribution >= 4 is 5.84 Å². The highest BCUT2D eigenvalue weighted by molar-refractivity contribution is 5.81. The third-order valence-electron chi connectivity index (χ3n) is 2.71. The van der Waals surface area contributed by atoms with E-state index in [1.54, 1.807) is 0 Å². The maximum Gasteiger partial charge on any atom is 0.153 e. The topological polar surface area (TPSA) is 71.1 Å². The Morgan fingerprint density at radius 2 is 2.20 bits per heavy atom. The van der Waals surface area contributed by atoms with E-state index in [0.717, 1.165) is 39.0 Å². The first-order chi connectivity index (χ1) is 7.27. The molecule has 1 rings (SSSR count). The average Bonchev–Trinajstić information content (AvgIpc) is 2.29. The van der Waals surface area contributed by atoms with Crippen molar-refractivity contribution in [3.05, 3.63) is 0 Å². The van der Waals surface area contributed by atoms with Gasteiger partial charge in [0.05, 0.1) is 6.54 Å². The highest BCUT2D eigenvalue weighted by atomic mass is 16.5. The smallest absolute Gasteiger partial charge is 0.153 e. The number of amidine groups is 1. The Labute approximate surface area is 90.9 Å². The molecule has 0 saturated carbocycles. The molecule has 0 spiro atoms. The van der Waals surface area contributed by atoms with Crippen molar-refractivity contribution in [2.45, 2.75) is 32.2 Å². The van der Waals surface area contributed by atoms with E-state index in [9.17, 15) is 0 Å². The second kappa shape index (κ2) is 6.63. The van der Waals surface area contributed by atoms with E-state index < -0.39 is 0 Å². The molecule has 15 heavy (non-hydrogen) atoms. The van der Waals surface area contributed by atoms with Gasteiger partial charge >= 0.3 is 0 Å². The molecule has 1 aliphatic rings. The first kappa shape index (κ1) is 12.3. The molecule has 0 aromatic heterocycles. The van der Waals surface area contributed by atoms with Crippen LogP contribution in [0.5, 0.6) is 0 Å². The van der Waals surface area contributed by atoms with E-state index >= 15 is 0 Å². The van der Waals surface area contributed by atoms with Crippen molar-refractivity contribution in [2.24, 2.45) is 10.9 Å². The van der Waals surface area contributed by atoms with Gasteiger partial charge in [0, 0.05) is 19.3 Å². The summed E-state index contributed by atoms with van der Waals surface area (Å²) in [6, 6.07) is 0.513. The summed E-state index contributed by atoms with van der Waals surface area (Å²) < 4.78 is 5.32. The van der Waals surface area contributed by atoms with Crippen LogP contribution in [0.3, 0.4) is 0 Å². The Morgan fingerprint density at radius 3 is 2.73 bits per heavy atom. The van der Waals surface area contributed by atoms with Crippen LogP contribution in [0, 0.1) is 0 Å². The fraction of sp³-hybridized carbons (Fsp3) is 0.900. The highest BCUT2D eigenvalue weighted by Gasteiger charge is 2.21. The van der Waals surface area contributed by atoms with Crippen LogP contribution >= 0.6 is 0 Å². The van der Waals surface area contributed by atoms with Gasteiger partial charge in [-0.3, -0.25) is 4.90 Å². The van der Waals surface area contributed by atoms with Crippen LogP contribution in [-0.4, -0.2) is 48.3 Å². The third kappa shape index (κ3) is 4.05. The summed E-state index contributed by atoms with van der Waals surface area (Å²) >= 11 is 0. The minimum absolute atomic E-state index is 0.287. The normalized spacial score (nSPS) is 19.7. The molecule has 0 unspecified atom stereocenters. The van der Waals surface area contributed by atoms with Crippen LogP contribution in [-0.2, 0) is 4.74 Å². The van der Waals surface area contributed by atoms with E-state index in [4.69, 9.17) is 15.7 Å². The van der Waals surface area contributed by atoms with E-state index in [1.165, 1.54) is 0 Å². The first-order valence-corrected chi connectivity index (χ1v) is 5.56. The van der Waals surface area contributed by atoms with Gasteiger partial charge in [0.25, 0.3) is 0 Å². The fourth-order valence-electron chi connectivity index (χ4n) is 1.97. The van der Waals surface area contributed by atoms with E-state index in [1.807, 2.05) is 0 Å². The quantitative estimate of drug-likeness (QED) is 0.305. The van der Waals surface area contributed by atoms with Crippen LogP contribution in [0.25, 0.3) is 0 Å². The number of ether oxygens (including phenoxy) is 1. The zero-order valence-corrected chi connectivity index (χ0v) is 9.35. The minimum Gasteiger partial charge on any atom is -0.409 e. The standard InChI is InChI=1S/C10H21N3O2/c1-2-5-13(8-10(11)12-14)9-3-6-15-7-4-9/h9,14H,2-8H2,1H3,(H2,11,12). The van der Waals surface area contributed by atoms with Crippen LogP contribution in [0.4, 0.5) is 0 Å². The summed E-state index contributed by atoms with van der Waals surface area (Å²) in [5.41, 5.74) is 5.54. The Kier molecular flexibility index (Phi) is 5.42. The molecule has 3 N–H and O–H groups in total. The van der Waals surface area contributed by atoms with Gasteiger partial charge in [-0.1, -0.05) is 12.1 Å². The van der Waals surface area contributed by atoms with E-state index in [-0.39, 0.29) is 5.84 Å². The number of rotatable bonds is 5. The van der Waals surface area contributed by atoms with Crippen molar-refractivity contribution in [3.63, 3.8) is 0 Å². The van der Waals surface area contributed by atoms with Crippen LogP contribution in [0.1, 0.15) is 26.2 Å². The highest BCUT2D eigenvalue weighted by Crippen LogP contribution is 2.14. The Morgan fingerprint density at radius 1 is 1.53 bits per heavy atom. The van der Waals surface area contributed by atoms with Crippen LogP contribution < -0.4 is 5.73 Å². The second-order valence-electron chi connectivity index (χ2n) is 3.91. The van der Waals surface area contributed by atoms with Crippen molar-refractivity contribution in [2.75, 3.05) is 26.3 Å². The number of hydrogen-bond acceptors (Lipinski definition) is 4. The predicted octanol–water partition coefficient (Wildman–Crippen LogP) is 0.624. The Hall–Kier alpha value is -0.810. The number of nitrogens with zero attached hydrogens (tertiary/aromatic N) is 2. The molecule has 1 saturated heterocycles. The number of oxime groups is 1. The molecule has 0 aromatic rings. The third-order valence-corrected chi connectivity index (χ3v) is 2.71. The van der Waals surface area contributed by atoms with Gasteiger partial charge in [0.1, 0.15) is 0 Å². The van der Waals surface area contributed by atoms with Gasteiger partial charge in [0.15, 0.2) is 5.84 Å². The average molecular weight is 215 g/mol. The van der Waals surface area contributed by atoms with Crippen LogP contribution in [0.2, 0.25) is 0 Å². The lowest BCUT2D eigenvalue weighted by atomic mass is 10.1. The van der Waals surface area contributed by atoms with Gasteiger partial charge in [-0.25, -0.2) is 0 Å². The molecule has 0 radical (unpaired) electrons. The lowest BCUT2D eigenvalue weighted by Gasteiger charge is -2.33. The summed E-state index contributed by atoms with van der Waals surface area (Å²) in [5, 5.41) is 11.6. The molecule has 0 atom stereocenters. The molecule has 1 fully saturated rings. The molecule has 1 aliphatic heterocycles. The maximum atomic E-state index is 8.56. The SMILES string of the molecule is CCCN(CC(N)=NO)C1CCOCC1. The molecule has 0 bridgehead atoms. The summed E-state index contributed by atoms with van der Waals surface area (Å²) in [6.07, 6.45) is 3.16. The van der Waals surface area contributed by atoms with Gasteiger partial charge in [-0.05, 0) is 25.8 Å². The fourth-order valence-corrected chi connectivity index (χ4v) is 1.97. The molecule has 0 amide bonds. The van der Waals surface area contributed by atoms with Gasteiger partial charge in [0.2, 0.25) is 0 Å². The monoisotopic (exact) mass is 215 g/mol. The lowest BCUT2D eigenvalue weighted by molar-refractivity contribution is 0.0392. The number of nitrogens with two attached hydrogens (primary N) is 1. The summed E-state index contributed by atoms with van der Waals surface area (Å²) in [6.45, 7) is 5.32. The van der Waals surface area contributed by atoms with Gasteiger partial charge in [-0.2, -0.15) is 0 Å². The Balaban J connectivity index is 2.47. The lowest BCUT2D eigenvalue weighted by Crippen LogP contribution is -2.44. The molecule has 5 heteroatoms. The summed E-state index contributed by atoms with van der Waals surface area (Å²) in [4.78, 5) is 2.28. The second-order valence-corrected chi connectivity index (χ2v) is 3.91. The summed E-state index contributed by atoms with van der Waals surface area (Å²) in [7, 11) is 0. The maximum absolute atomic E-state index is 8.56. The first-order valence-electron chi connectivity index (χ1n) is 5.56. The van der Waals surface area contributed by atoms with Gasteiger partial charge < -0.3 is 15.7 Å². The van der Waals surface area contributed by atoms with Crippen molar-refractivity contribution < 1.29 is 9.94 Å². The molecule has 88 valence electrons. The minimum atomic E-state index is 0.287. The van der Waals surface area contributed by atoms with Gasteiger partial charge in [-0.15, -0.1) is 0 Å². The molecular weight excluding hydrogens is 194 g/mol. The number of hydrogen-bond donors (Lipinski definition) is 2. The predicted molar refractivity (Wildman–Crippen MR) is 59.1 cm³/mol. The molecule has 1 heterocycles. The molecular formula is C10H21N3O2. The molecule has 0 aromatic carbocycles. The van der Waals surface area contributed by atoms with Crippen molar-refractivity contribution in [1.29, 1.82) is 0 Å². The van der Waals surface area contributed by atoms with E-state index in [0.29, 0.717) is 12.6 Å². The van der Waals surface area contributed by atoms with Crippen LogP contribution in [0.15, 0.2) is 5.16 Å². The molecule has 0 aliphatic carbocycles.